The Morgan fingerprint density at radius 2 is 2.24 bits per heavy atom. The second-order valence-electron chi connectivity index (χ2n) is 4.64. The molecule has 0 unspecified atom stereocenters. The van der Waals surface area contributed by atoms with E-state index in [0.29, 0.717) is 11.8 Å². The number of carbonyl (C=O) groups excluding carboxylic acids is 1. The van der Waals surface area contributed by atoms with Gasteiger partial charge in [0.05, 0.1) is 0 Å². The smallest absolute Gasteiger partial charge is 0.289 e. The van der Waals surface area contributed by atoms with Gasteiger partial charge in [-0.1, -0.05) is 18.2 Å². The molecule has 0 spiro atoms. The lowest BCUT2D eigenvalue weighted by atomic mass is 10.2. The topological polar surface area (TPSA) is 33.5 Å². The standard InChI is InChI=1S/C14H15NO2/c1-10-5-4-8-15(10)14(16)13-9-11-6-2-3-7-12(11)17-13/h2-3,6-7,9-10H,4-5,8H2,1H3/t10-/m1/s1. The first-order valence-electron chi connectivity index (χ1n) is 6.05. The summed E-state index contributed by atoms with van der Waals surface area (Å²) in [7, 11) is 0. The number of amides is 1. The van der Waals surface area contributed by atoms with Crippen LogP contribution in [0.25, 0.3) is 11.0 Å². The fourth-order valence-corrected chi connectivity index (χ4v) is 2.46. The largest absolute Gasteiger partial charge is 0.451 e. The average Bonchev–Trinajstić information content (AvgIpc) is 2.93. The van der Waals surface area contributed by atoms with E-state index in [4.69, 9.17) is 4.42 Å². The molecule has 1 aliphatic rings. The minimum Gasteiger partial charge on any atom is -0.451 e. The molecule has 1 saturated heterocycles. The maximum Gasteiger partial charge on any atom is 0.289 e. The average molecular weight is 229 g/mol. The minimum atomic E-state index is 0.0196. The van der Waals surface area contributed by atoms with Crippen LogP contribution in [0.3, 0.4) is 0 Å². The molecule has 0 radical (unpaired) electrons. The fraction of sp³-hybridized carbons (Fsp3) is 0.357. The number of nitrogens with zero attached hydrogens (tertiary/aromatic N) is 1. The van der Waals surface area contributed by atoms with Crippen molar-refractivity contribution in [1.29, 1.82) is 0 Å². The quantitative estimate of drug-likeness (QED) is 0.753. The Morgan fingerprint density at radius 1 is 1.41 bits per heavy atom. The van der Waals surface area contributed by atoms with Crippen molar-refractivity contribution in [2.24, 2.45) is 0 Å². The Hall–Kier alpha value is -1.77. The summed E-state index contributed by atoms with van der Waals surface area (Å²) in [5, 5.41) is 0.989. The predicted molar refractivity (Wildman–Crippen MR) is 65.9 cm³/mol. The van der Waals surface area contributed by atoms with Crippen molar-refractivity contribution < 1.29 is 9.21 Å². The van der Waals surface area contributed by atoms with Crippen LogP contribution in [-0.2, 0) is 0 Å². The van der Waals surface area contributed by atoms with Crippen molar-refractivity contribution in [2.45, 2.75) is 25.8 Å². The molecule has 17 heavy (non-hydrogen) atoms. The SMILES string of the molecule is C[C@@H]1CCCN1C(=O)c1cc2ccccc2o1. The summed E-state index contributed by atoms with van der Waals surface area (Å²) >= 11 is 0. The molecule has 0 saturated carbocycles. The van der Waals surface area contributed by atoms with E-state index in [9.17, 15) is 4.79 Å². The zero-order valence-electron chi connectivity index (χ0n) is 9.85. The van der Waals surface area contributed by atoms with Crippen molar-refractivity contribution in [3.8, 4) is 0 Å². The molecule has 1 aliphatic heterocycles. The molecule has 3 heteroatoms. The number of furan rings is 1. The first kappa shape index (κ1) is 10.4. The van der Waals surface area contributed by atoms with Gasteiger partial charge >= 0.3 is 0 Å². The molecule has 3 rings (SSSR count). The van der Waals surface area contributed by atoms with Crippen LogP contribution in [0.15, 0.2) is 34.7 Å². The van der Waals surface area contributed by atoms with E-state index in [1.165, 1.54) is 0 Å². The summed E-state index contributed by atoms with van der Waals surface area (Å²) in [6.45, 7) is 2.94. The van der Waals surface area contributed by atoms with E-state index in [1.807, 2.05) is 35.2 Å². The molecule has 88 valence electrons. The van der Waals surface area contributed by atoms with Crippen molar-refractivity contribution in [2.75, 3.05) is 6.54 Å². The molecule has 0 bridgehead atoms. The highest BCUT2D eigenvalue weighted by molar-refractivity contribution is 5.96. The second-order valence-corrected chi connectivity index (χ2v) is 4.64. The third kappa shape index (κ3) is 1.71. The van der Waals surface area contributed by atoms with Crippen LogP contribution in [0, 0.1) is 0 Å². The first-order valence-corrected chi connectivity index (χ1v) is 6.05. The predicted octanol–water partition coefficient (Wildman–Crippen LogP) is 3.06. The zero-order valence-corrected chi connectivity index (χ0v) is 9.85. The molecule has 3 nitrogen and oxygen atoms in total. The number of hydrogen-bond donors (Lipinski definition) is 0. The summed E-state index contributed by atoms with van der Waals surface area (Å²) in [6, 6.07) is 9.88. The van der Waals surface area contributed by atoms with Gasteiger partial charge in [-0.3, -0.25) is 4.79 Å². The van der Waals surface area contributed by atoms with Gasteiger partial charge in [0.2, 0.25) is 0 Å². The molecule has 1 fully saturated rings. The molecular formula is C14H15NO2. The molecular weight excluding hydrogens is 214 g/mol. The molecule has 0 aliphatic carbocycles. The Kier molecular flexibility index (Phi) is 2.39. The monoisotopic (exact) mass is 229 g/mol. The lowest BCUT2D eigenvalue weighted by Crippen LogP contribution is -2.33. The third-order valence-electron chi connectivity index (χ3n) is 3.45. The summed E-state index contributed by atoms with van der Waals surface area (Å²) in [5.41, 5.74) is 0.780. The van der Waals surface area contributed by atoms with Crippen molar-refractivity contribution in [1.82, 2.24) is 4.90 Å². The van der Waals surface area contributed by atoms with Crippen LogP contribution in [0.5, 0.6) is 0 Å². The fourth-order valence-electron chi connectivity index (χ4n) is 2.46. The number of hydrogen-bond acceptors (Lipinski definition) is 2. The van der Waals surface area contributed by atoms with E-state index >= 15 is 0 Å². The van der Waals surface area contributed by atoms with Gasteiger partial charge in [-0.15, -0.1) is 0 Å². The van der Waals surface area contributed by atoms with E-state index in [1.54, 1.807) is 0 Å². The van der Waals surface area contributed by atoms with Crippen LogP contribution in [0.1, 0.15) is 30.3 Å². The molecule has 2 heterocycles. The summed E-state index contributed by atoms with van der Waals surface area (Å²) in [4.78, 5) is 14.2. The molecule has 1 aromatic heterocycles. The van der Waals surface area contributed by atoms with Crippen LogP contribution in [-0.4, -0.2) is 23.4 Å². The molecule has 0 N–H and O–H groups in total. The zero-order chi connectivity index (χ0) is 11.8. The number of fused-ring (bicyclic) bond motifs is 1. The van der Waals surface area contributed by atoms with Gasteiger partial charge in [-0.25, -0.2) is 0 Å². The summed E-state index contributed by atoms with van der Waals surface area (Å²) in [5.74, 6) is 0.478. The van der Waals surface area contributed by atoms with Crippen molar-refractivity contribution >= 4 is 16.9 Å². The highest BCUT2D eigenvalue weighted by atomic mass is 16.3. The second kappa shape index (κ2) is 3.91. The van der Waals surface area contributed by atoms with Crippen LogP contribution in [0.4, 0.5) is 0 Å². The number of para-hydroxylation sites is 1. The third-order valence-corrected chi connectivity index (χ3v) is 3.45. The normalized spacial score (nSPS) is 20.1. The summed E-state index contributed by atoms with van der Waals surface area (Å²) in [6.07, 6.45) is 2.18. The van der Waals surface area contributed by atoms with Gasteiger partial charge in [0, 0.05) is 18.0 Å². The van der Waals surface area contributed by atoms with Gasteiger partial charge in [0.15, 0.2) is 5.76 Å². The maximum atomic E-state index is 12.3. The van der Waals surface area contributed by atoms with Crippen LogP contribution < -0.4 is 0 Å². The Morgan fingerprint density at radius 3 is 2.94 bits per heavy atom. The van der Waals surface area contributed by atoms with E-state index < -0.39 is 0 Å². The lowest BCUT2D eigenvalue weighted by Gasteiger charge is -2.19. The molecule has 2 aromatic rings. The lowest BCUT2D eigenvalue weighted by molar-refractivity contribution is 0.0717. The van der Waals surface area contributed by atoms with Gasteiger partial charge in [-0.2, -0.15) is 0 Å². The van der Waals surface area contributed by atoms with Crippen LogP contribution in [0.2, 0.25) is 0 Å². The number of rotatable bonds is 1. The van der Waals surface area contributed by atoms with Gasteiger partial charge in [0.25, 0.3) is 5.91 Å². The Bertz CT molecular complexity index is 525. The van der Waals surface area contributed by atoms with Crippen molar-refractivity contribution in [3.05, 3.63) is 36.1 Å². The maximum absolute atomic E-state index is 12.3. The van der Waals surface area contributed by atoms with Crippen molar-refractivity contribution in [3.63, 3.8) is 0 Å². The van der Waals surface area contributed by atoms with Gasteiger partial charge < -0.3 is 9.32 Å². The van der Waals surface area contributed by atoms with Gasteiger partial charge in [0.1, 0.15) is 5.58 Å². The first-order chi connectivity index (χ1) is 8.25. The summed E-state index contributed by atoms with van der Waals surface area (Å²) < 4.78 is 5.60. The van der Waals surface area contributed by atoms with Crippen LogP contribution >= 0.6 is 0 Å². The Labute approximate surface area is 100 Å². The number of benzene rings is 1. The molecule has 1 aromatic carbocycles. The Balaban J connectivity index is 1.95. The van der Waals surface area contributed by atoms with E-state index in [0.717, 1.165) is 30.4 Å². The highest BCUT2D eigenvalue weighted by Gasteiger charge is 2.27. The van der Waals surface area contributed by atoms with Gasteiger partial charge in [-0.05, 0) is 31.9 Å². The molecule has 1 amide bonds. The number of carbonyl (C=O) groups is 1. The number of likely N-dealkylation sites (tertiary alicyclic amines) is 1. The molecule has 1 atom stereocenters. The van der Waals surface area contributed by atoms with E-state index in [2.05, 4.69) is 6.92 Å². The minimum absolute atomic E-state index is 0.0196. The van der Waals surface area contributed by atoms with E-state index in [-0.39, 0.29) is 5.91 Å². The highest BCUT2D eigenvalue weighted by Crippen LogP contribution is 2.24.